The SMILES string of the molecule is COc1ccc2[nH]c3c(c2c1)C[C@@]1(C)C(=O)N(CCN2CCN(C(C)=O)CC2)C(=O)N1C3Cc1ccccc1. The summed E-state index contributed by atoms with van der Waals surface area (Å²) < 4.78 is 5.50. The van der Waals surface area contributed by atoms with E-state index in [0.717, 1.165) is 46.6 Å². The number of H-pyrrole nitrogens is 1. The van der Waals surface area contributed by atoms with E-state index in [2.05, 4.69) is 22.0 Å². The number of imide groups is 1. The molecule has 9 nitrogen and oxygen atoms in total. The second-order valence-corrected chi connectivity index (χ2v) is 11.0. The van der Waals surface area contributed by atoms with Crippen molar-refractivity contribution in [3.63, 3.8) is 0 Å². The number of aromatic nitrogens is 1. The quantitative estimate of drug-likeness (QED) is 0.496. The molecule has 0 bridgehead atoms. The molecule has 9 heteroatoms. The zero-order valence-corrected chi connectivity index (χ0v) is 22.8. The van der Waals surface area contributed by atoms with Crippen LogP contribution < -0.4 is 4.74 Å². The van der Waals surface area contributed by atoms with E-state index in [1.165, 1.54) is 4.90 Å². The average molecular weight is 530 g/mol. The number of benzene rings is 2. The van der Waals surface area contributed by atoms with Gasteiger partial charge in [-0.1, -0.05) is 30.3 Å². The van der Waals surface area contributed by atoms with Crippen molar-refractivity contribution in [2.24, 2.45) is 0 Å². The Morgan fingerprint density at radius 1 is 1.05 bits per heavy atom. The molecule has 4 amide bonds. The Morgan fingerprint density at radius 3 is 2.49 bits per heavy atom. The molecule has 3 aliphatic rings. The molecule has 0 saturated carbocycles. The summed E-state index contributed by atoms with van der Waals surface area (Å²) in [5, 5.41) is 1.03. The van der Waals surface area contributed by atoms with Gasteiger partial charge in [0.2, 0.25) is 5.91 Å². The van der Waals surface area contributed by atoms with Gasteiger partial charge in [-0.3, -0.25) is 19.4 Å². The lowest BCUT2D eigenvalue weighted by Crippen LogP contribution is -2.53. The van der Waals surface area contributed by atoms with Crippen molar-refractivity contribution >= 4 is 28.7 Å². The van der Waals surface area contributed by atoms with Crippen molar-refractivity contribution in [3.8, 4) is 5.75 Å². The second-order valence-electron chi connectivity index (χ2n) is 11.0. The lowest BCUT2D eigenvalue weighted by atomic mass is 9.81. The number of carbonyl (C=O) groups is 3. The van der Waals surface area contributed by atoms with Crippen molar-refractivity contribution in [1.82, 2.24) is 24.6 Å². The Hall–Kier alpha value is -3.85. The van der Waals surface area contributed by atoms with Crippen LogP contribution in [-0.4, -0.2) is 94.3 Å². The largest absolute Gasteiger partial charge is 0.497 e. The fraction of sp³-hybridized carbons (Fsp3) is 0.433. The van der Waals surface area contributed by atoms with Crippen LogP contribution in [-0.2, 0) is 22.4 Å². The van der Waals surface area contributed by atoms with E-state index < -0.39 is 5.54 Å². The van der Waals surface area contributed by atoms with Crippen LogP contribution in [0.15, 0.2) is 48.5 Å². The van der Waals surface area contributed by atoms with E-state index in [1.54, 1.807) is 14.0 Å². The molecule has 3 aromatic rings. The molecule has 0 radical (unpaired) electrons. The minimum absolute atomic E-state index is 0.0853. The topological polar surface area (TPSA) is 89.2 Å². The summed E-state index contributed by atoms with van der Waals surface area (Å²) in [4.78, 5) is 50.7. The Morgan fingerprint density at radius 2 is 1.79 bits per heavy atom. The number of carbonyl (C=O) groups excluding carboxylic acids is 3. The molecule has 0 spiro atoms. The van der Waals surface area contributed by atoms with E-state index in [1.807, 2.05) is 53.1 Å². The first-order valence-corrected chi connectivity index (χ1v) is 13.7. The highest BCUT2D eigenvalue weighted by molar-refractivity contribution is 6.08. The number of ether oxygens (including phenoxy) is 1. The zero-order chi connectivity index (χ0) is 27.3. The minimum atomic E-state index is -0.977. The first kappa shape index (κ1) is 25.4. The molecule has 1 aromatic heterocycles. The van der Waals surface area contributed by atoms with Crippen LogP contribution in [0.1, 0.15) is 36.7 Å². The number of methoxy groups -OCH3 is 1. The monoisotopic (exact) mass is 529 g/mol. The number of nitrogens with one attached hydrogen (secondary N) is 1. The number of rotatable bonds is 6. The Balaban J connectivity index is 1.32. The molecule has 6 rings (SSSR count). The number of hydrogen-bond acceptors (Lipinski definition) is 5. The highest BCUT2D eigenvalue weighted by Crippen LogP contribution is 2.47. The lowest BCUT2D eigenvalue weighted by Gasteiger charge is -2.42. The summed E-state index contributed by atoms with van der Waals surface area (Å²) in [6.07, 6.45) is 1.05. The number of urea groups is 1. The highest BCUT2D eigenvalue weighted by atomic mass is 16.5. The average Bonchev–Trinajstić information content (AvgIpc) is 3.39. The first-order chi connectivity index (χ1) is 18.8. The molecular weight excluding hydrogens is 494 g/mol. The van der Waals surface area contributed by atoms with Gasteiger partial charge in [0.1, 0.15) is 11.3 Å². The molecule has 2 saturated heterocycles. The first-order valence-electron chi connectivity index (χ1n) is 13.7. The maximum Gasteiger partial charge on any atom is 0.328 e. The summed E-state index contributed by atoms with van der Waals surface area (Å²) >= 11 is 0. The van der Waals surface area contributed by atoms with Crippen LogP contribution in [0, 0.1) is 0 Å². The summed E-state index contributed by atoms with van der Waals surface area (Å²) in [5.74, 6) is 0.704. The van der Waals surface area contributed by atoms with E-state index >= 15 is 0 Å². The van der Waals surface area contributed by atoms with Crippen LogP contribution in [0.4, 0.5) is 4.79 Å². The zero-order valence-electron chi connectivity index (χ0n) is 22.8. The third kappa shape index (κ3) is 4.25. The smallest absolute Gasteiger partial charge is 0.328 e. The number of aromatic amines is 1. The Bertz CT molecular complexity index is 1430. The van der Waals surface area contributed by atoms with Crippen molar-refractivity contribution in [3.05, 3.63) is 65.4 Å². The predicted molar refractivity (Wildman–Crippen MR) is 147 cm³/mol. The maximum absolute atomic E-state index is 14.0. The van der Waals surface area contributed by atoms with Gasteiger partial charge in [0.25, 0.3) is 5.91 Å². The van der Waals surface area contributed by atoms with Crippen molar-refractivity contribution < 1.29 is 19.1 Å². The summed E-state index contributed by atoms with van der Waals surface area (Å²) in [6, 6.07) is 15.5. The molecule has 4 heterocycles. The van der Waals surface area contributed by atoms with Gasteiger partial charge in [-0.2, -0.15) is 0 Å². The van der Waals surface area contributed by atoms with Crippen LogP contribution in [0.2, 0.25) is 0 Å². The van der Waals surface area contributed by atoms with Crippen molar-refractivity contribution in [2.45, 2.75) is 38.3 Å². The normalized spacial score (nSPS) is 23.4. The minimum Gasteiger partial charge on any atom is -0.497 e. The molecule has 1 N–H and O–H groups in total. The van der Waals surface area contributed by atoms with Gasteiger partial charge in [0.05, 0.1) is 13.2 Å². The van der Waals surface area contributed by atoms with E-state index in [4.69, 9.17) is 4.74 Å². The number of piperazine rings is 1. The molecule has 0 aliphatic carbocycles. The second kappa shape index (κ2) is 9.72. The summed E-state index contributed by atoms with van der Waals surface area (Å²) in [7, 11) is 1.65. The van der Waals surface area contributed by atoms with Gasteiger partial charge in [-0.15, -0.1) is 0 Å². The third-order valence-corrected chi connectivity index (χ3v) is 8.72. The molecular formula is C30H35N5O4. The number of fused-ring (bicyclic) bond motifs is 4. The van der Waals surface area contributed by atoms with Crippen molar-refractivity contribution in [2.75, 3.05) is 46.4 Å². The molecule has 39 heavy (non-hydrogen) atoms. The molecule has 2 atom stereocenters. The predicted octanol–water partition coefficient (Wildman–Crippen LogP) is 3.20. The van der Waals surface area contributed by atoms with Gasteiger partial charge in [0, 0.05) is 69.2 Å². The lowest BCUT2D eigenvalue weighted by molar-refractivity contribution is -0.133. The summed E-state index contributed by atoms with van der Waals surface area (Å²) in [5.41, 5.74) is 3.17. The Kier molecular flexibility index (Phi) is 6.33. The fourth-order valence-corrected chi connectivity index (χ4v) is 6.54. The Labute approximate surface area is 228 Å². The fourth-order valence-electron chi connectivity index (χ4n) is 6.54. The highest BCUT2D eigenvalue weighted by Gasteiger charge is 2.59. The number of hydrogen-bond donors (Lipinski definition) is 1. The number of amides is 4. The van der Waals surface area contributed by atoms with E-state index in [-0.39, 0.29) is 23.9 Å². The molecule has 3 aliphatic heterocycles. The number of nitrogens with zero attached hydrogens (tertiary/aromatic N) is 4. The van der Waals surface area contributed by atoms with Gasteiger partial charge in [0.15, 0.2) is 0 Å². The van der Waals surface area contributed by atoms with Crippen LogP contribution in [0.25, 0.3) is 10.9 Å². The van der Waals surface area contributed by atoms with Gasteiger partial charge in [-0.25, -0.2) is 4.79 Å². The maximum atomic E-state index is 14.0. The van der Waals surface area contributed by atoms with Crippen molar-refractivity contribution in [1.29, 1.82) is 0 Å². The van der Waals surface area contributed by atoms with Crippen LogP contribution in [0.5, 0.6) is 5.75 Å². The van der Waals surface area contributed by atoms with Gasteiger partial charge >= 0.3 is 6.03 Å². The van der Waals surface area contributed by atoms with Crippen LogP contribution >= 0.6 is 0 Å². The van der Waals surface area contributed by atoms with Gasteiger partial charge < -0.3 is 19.5 Å². The third-order valence-electron chi connectivity index (χ3n) is 8.72. The summed E-state index contributed by atoms with van der Waals surface area (Å²) in [6.45, 7) is 7.27. The molecule has 2 aromatic carbocycles. The van der Waals surface area contributed by atoms with E-state index in [0.29, 0.717) is 39.0 Å². The standard InChI is InChI=1S/C30H35N5O4/c1-20(36)33-14-11-32(12-15-33)13-16-34-28(37)30(2)19-24-23-18-22(39-3)9-10-25(23)31-27(24)26(35(30)29(34)38)17-21-7-5-4-6-8-21/h4-10,18,26,31H,11-17,19H2,1-3H3/t26?,30-/m0/s1. The molecule has 2 fully saturated rings. The van der Waals surface area contributed by atoms with Crippen LogP contribution in [0.3, 0.4) is 0 Å². The van der Waals surface area contributed by atoms with E-state index in [9.17, 15) is 14.4 Å². The molecule has 1 unspecified atom stereocenters. The van der Waals surface area contributed by atoms with Gasteiger partial charge in [-0.05, 0) is 42.7 Å². The molecule has 204 valence electrons.